The lowest BCUT2D eigenvalue weighted by molar-refractivity contribution is -0.0123. The van der Waals surface area contributed by atoms with Gasteiger partial charge < -0.3 is 14.8 Å². The Balaban J connectivity index is 1.48. The zero-order chi connectivity index (χ0) is 14.6. The van der Waals surface area contributed by atoms with Gasteiger partial charge in [0.1, 0.15) is 0 Å². The predicted octanol–water partition coefficient (Wildman–Crippen LogP) is 2.53. The lowest BCUT2D eigenvalue weighted by Crippen LogP contribution is -2.55. The van der Waals surface area contributed by atoms with Crippen LogP contribution in [0.25, 0.3) is 0 Å². The van der Waals surface area contributed by atoms with Crippen LogP contribution in [-0.4, -0.2) is 23.0 Å². The number of carbonyl (C=O) groups is 2. The van der Waals surface area contributed by atoms with Crippen LogP contribution in [0, 0.1) is 23.7 Å². The van der Waals surface area contributed by atoms with E-state index < -0.39 is 5.97 Å². The first-order valence-corrected chi connectivity index (χ1v) is 7.74. The summed E-state index contributed by atoms with van der Waals surface area (Å²) < 4.78 is 5.09. The van der Waals surface area contributed by atoms with E-state index in [1.165, 1.54) is 44.2 Å². The minimum atomic E-state index is -1.15. The molecular formula is C16H19NO4. The van der Waals surface area contributed by atoms with E-state index in [1.807, 2.05) is 0 Å². The third-order valence-electron chi connectivity index (χ3n) is 5.57. The van der Waals surface area contributed by atoms with Gasteiger partial charge in [-0.2, -0.15) is 0 Å². The fraction of sp³-hybridized carbons (Fsp3) is 0.625. The van der Waals surface area contributed by atoms with Gasteiger partial charge in [-0.1, -0.05) is 0 Å². The number of carboxylic acids is 1. The summed E-state index contributed by atoms with van der Waals surface area (Å²) in [7, 11) is 0. The summed E-state index contributed by atoms with van der Waals surface area (Å²) >= 11 is 0. The van der Waals surface area contributed by atoms with Crippen molar-refractivity contribution in [3.63, 3.8) is 0 Å². The molecule has 1 heterocycles. The van der Waals surface area contributed by atoms with Crippen molar-refractivity contribution in [3.8, 4) is 0 Å². The van der Waals surface area contributed by atoms with Crippen molar-refractivity contribution in [1.29, 1.82) is 0 Å². The van der Waals surface area contributed by atoms with Crippen LogP contribution >= 0.6 is 0 Å². The molecule has 0 spiro atoms. The molecule has 0 radical (unpaired) electrons. The van der Waals surface area contributed by atoms with Gasteiger partial charge in [-0.05, 0) is 67.9 Å². The van der Waals surface area contributed by atoms with Gasteiger partial charge in [0.2, 0.25) is 5.76 Å². The summed E-state index contributed by atoms with van der Waals surface area (Å²) in [6, 6.07) is 3.01. The second kappa shape index (κ2) is 4.61. The number of carboxylic acid groups (broad SMARTS) is 1. The highest BCUT2D eigenvalue weighted by Gasteiger charge is 2.48. The van der Waals surface area contributed by atoms with E-state index in [1.54, 1.807) is 0 Å². The lowest BCUT2D eigenvalue weighted by Gasteiger charge is -2.54. The topological polar surface area (TPSA) is 79.5 Å². The number of rotatable bonds is 3. The normalized spacial score (nSPS) is 36.7. The molecule has 0 atom stereocenters. The van der Waals surface area contributed by atoms with Crippen molar-refractivity contribution in [2.24, 2.45) is 23.7 Å². The number of carbonyl (C=O) groups excluding carboxylic acids is 1. The van der Waals surface area contributed by atoms with Gasteiger partial charge in [-0.3, -0.25) is 4.79 Å². The van der Waals surface area contributed by atoms with E-state index in [9.17, 15) is 9.59 Å². The number of furan rings is 1. The molecule has 5 rings (SSSR count). The Kier molecular flexibility index (Phi) is 2.84. The van der Waals surface area contributed by atoms with Crippen LogP contribution < -0.4 is 5.32 Å². The van der Waals surface area contributed by atoms with E-state index in [0.29, 0.717) is 11.8 Å². The summed E-state index contributed by atoms with van der Waals surface area (Å²) in [5.41, 5.74) is 0. The Morgan fingerprint density at radius 1 is 1.00 bits per heavy atom. The zero-order valence-electron chi connectivity index (χ0n) is 11.7. The van der Waals surface area contributed by atoms with Crippen molar-refractivity contribution in [2.75, 3.05) is 0 Å². The molecule has 4 fully saturated rings. The Hall–Kier alpha value is -1.78. The first-order valence-electron chi connectivity index (χ1n) is 7.74. The summed E-state index contributed by atoms with van der Waals surface area (Å²) in [6.45, 7) is 0. The molecule has 0 aliphatic heterocycles. The summed E-state index contributed by atoms with van der Waals surface area (Å²) in [4.78, 5) is 23.1. The molecule has 1 aromatic rings. The van der Waals surface area contributed by atoms with Gasteiger partial charge in [0.05, 0.1) is 0 Å². The SMILES string of the molecule is O=C(O)c1ccc(C(=O)NC2C3CC4CC(C3)CC2C4)o1. The average Bonchev–Trinajstić information content (AvgIpc) is 2.92. The van der Waals surface area contributed by atoms with Crippen molar-refractivity contribution < 1.29 is 19.1 Å². The Morgan fingerprint density at radius 2 is 1.57 bits per heavy atom. The van der Waals surface area contributed by atoms with Crippen molar-refractivity contribution >= 4 is 11.9 Å². The molecular weight excluding hydrogens is 270 g/mol. The fourth-order valence-corrected chi connectivity index (χ4v) is 4.96. The van der Waals surface area contributed by atoms with Crippen molar-refractivity contribution in [3.05, 3.63) is 23.7 Å². The maximum atomic E-state index is 12.3. The molecule has 112 valence electrons. The molecule has 4 saturated carbocycles. The molecule has 1 amide bonds. The summed E-state index contributed by atoms with van der Waals surface area (Å²) in [6.07, 6.45) is 6.31. The maximum absolute atomic E-state index is 12.3. The zero-order valence-corrected chi connectivity index (χ0v) is 11.7. The number of amides is 1. The number of hydrogen-bond acceptors (Lipinski definition) is 3. The van der Waals surface area contributed by atoms with Crippen LogP contribution in [-0.2, 0) is 0 Å². The second-order valence-electron chi connectivity index (χ2n) is 6.90. The highest BCUT2D eigenvalue weighted by atomic mass is 16.4. The van der Waals surface area contributed by atoms with Crippen LogP contribution in [0.1, 0.15) is 53.2 Å². The van der Waals surface area contributed by atoms with E-state index in [0.717, 1.165) is 11.8 Å². The molecule has 0 unspecified atom stereocenters. The quantitative estimate of drug-likeness (QED) is 0.896. The van der Waals surface area contributed by atoms with Crippen molar-refractivity contribution in [1.82, 2.24) is 5.32 Å². The van der Waals surface area contributed by atoms with Gasteiger partial charge in [-0.25, -0.2) is 4.79 Å². The molecule has 4 aliphatic carbocycles. The molecule has 0 saturated heterocycles. The lowest BCUT2D eigenvalue weighted by atomic mass is 9.54. The smallest absolute Gasteiger partial charge is 0.371 e. The van der Waals surface area contributed by atoms with Gasteiger partial charge >= 0.3 is 5.97 Å². The fourth-order valence-electron chi connectivity index (χ4n) is 4.96. The van der Waals surface area contributed by atoms with Gasteiger partial charge in [0, 0.05) is 6.04 Å². The van der Waals surface area contributed by atoms with Crippen LogP contribution in [0.4, 0.5) is 0 Å². The first-order chi connectivity index (χ1) is 10.1. The molecule has 0 aromatic carbocycles. The second-order valence-corrected chi connectivity index (χ2v) is 6.90. The Morgan fingerprint density at radius 3 is 2.10 bits per heavy atom. The minimum absolute atomic E-state index is 0.0983. The molecule has 1 aromatic heterocycles. The molecule has 5 nitrogen and oxygen atoms in total. The molecule has 4 aliphatic rings. The number of hydrogen-bond donors (Lipinski definition) is 2. The Labute approximate surface area is 122 Å². The highest BCUT2D eigenvalue weighted by molar-refractivity contribution is 5.93. The van der Waals surface area contributed by atoms with E-state index in [-0.39, 0.29) is 23.5 Å². The van der Waals surface area contributed by atoms with Crippen LogP contribution in [0.15, 0.2) is 16.5 Å². The summed E-state index contributed by atoms with van der Waals surface area (Å²) in [5.74, 6) is 1.40. The predicted molar refractivity (Wildman–Crippen MR) is 74.0 cm³/mol. The molecule has 21 heavy (non-hydrogen) atoms. The van der Waals surface area contributed by atoms with E-state index >= 15 is 0 Å². The molecule has 2 N–H and O–H groups in total. The maximum Gasteiger partial charge on any atom is 0.371 e. The van der Waals surface area contributed by atoms with Gasteiger partial charge in [0.25, 0.3) is 5.91 Å². The van der Waals surface area contributed by atoms with E-state index in [4.69, 9.17) is 9.52 Å². The number of nitrogens with one attached hydrogen (secondary N) is 1. The van der Waals surface area contributed by atoms with Crippen LogP contribution in [0.3, 0.4) is 0 Å². The molecule has 4 bridgehead atoms. The third kappa shape index (κ3) is 2.15. The van der Waals surface area contributed by atoms with Gasteiger partial charge in [-0.15, -0.1) is 0 Å². The number of aromatic carboxylic acids is 1. The average molecular weight is 289 g/mol. The van der Waals surface area contributed by atoms with Crippen LogP contribution in [0.2, 0.25) is 0 Å². The van der Waals surface area contributed by atoms with E-state index in [2.05, 4.69) is 5.32 Å². The Bertz CT molecular complexity index is 563. The molecule has 5 heteroatoms. The minimum Gasteiger partial charge on any atom is -0.475 e. The largest absolute Gasteiger partial charge is 0.475 e. The van der Waals surface area contributed by atoms with Gasteiger partial charge in [0.15, 0.2) is 5.76 Å². The van der Waals surface area contributed by atoms with Crippen LogP contribution in [0.5, 0.6) is 0 Å². The highest BCUT2D eigenvalue weighted by Crippen LogP contribution is 2.53. The standard InChI is InChI=1S/C16H19NO4/c18-15(12-1-2-13(21-12)16(19)20)17-14-10-4-8-3-9(6-10)7-11(14)5-8/h1-2,8-11,14H,3-7H2,(H,17,18)(H,19,20). The first kappa shape index (κ1) is 12.9. The summed E-state index contributed by atoms with van der Waals surface area (Å²) in [5, 5.41) is 11.9. The third-order valence-corrected chi connectivity index (χ3v) is 5.57. The monoisotopic (exact) mass is 289 g/mol. The van der Waals surface area contributed by atoms with Crippen molar-refractivity contribution in [2.45, 2.75) is 38.1 Å².